The van der Waals surface area contributed by atoms with E-state index >= 15 is 0 Å². The van der Waals surface area contributed by atoms with Crippen molar-refractivity contribution in [3.05, 3.63) is 47.8 Å². The van der Waals surface area contributed by atoms with Crippen LogP contribution in [0.4, 0.5) is 10.5 Å². The number of nitrogens with zero attached hydrogens (tertiary/aromatic N) is 2. The lowest BCUT2D eigenvalue weighted by molar-refractivity contribution is 0.183. The Morgan fingerprint density at radius 2 is 2.22 bits per heavy atom. The van der Waals surface area contributed by atoms with E-state index in [1.165, 1.54) is 5.56 Å². The molecule has 6 heteroatoms. The van der Waals surface area contributed by atoms with Crippen molar-refractivity contribution in [3.63, 3.8) is 0 Å². The van der Waals surface area contributed by atoms with Gasteiger partial charge in [0.2, 0.25) is 0 Å². The Morgan fingerprint density at radius 1 is 1.39 bits per heavy atom. The van der Waals surface area contributed by atoms with Gasteiger partial charge in [0.25, 0.3) is 0 Å². The highest BCUT2D eigenvalue weighted by Crippen LogP contribution is 2.28. The largest absolute Gasteiger partial charge is 0.383 e. The quantitative estimate of drug-likeness (QED) is 0.891. The third kappa shape index (κ3) is 3.90. The highest BCUT2D eigenvalue weighted by Gasteiger charge is 2.25. The van der Waals surface area contributed by atoms with Crippen molar-refractivity contribution >= 4 is 11.7 Å². The molecule has 1 aliphatic carbocycles. The van der Waals surface area contributed by atoms with Crippen LogP contribution in [-0.4, -0.2) is 29.5 Å². The standard InChI is InChI=1S/C17H22N4O2/c1-23-11-10-21-12-13-6-5-9-15(16(13)20-21)19-17(22)18-14-7-3-2-4-8-14/h2-4,7-8,12,15H,5-6,9-11H2,1H3,(H2,18,19,22)/t15-/m1/s1. The van der Waals surface area contributed by atoms with Gasteiger partial charge in [-0.3, -0.25) is 4.68 Å². The number of fused-ring (bicyclic) bond motifs is 1. The molecule has 2 amide bonds. The third-order valence-electron chi connectivity index (χ3n) is 4.00. The number of anilines is 1. The van der Waals surface area contributed by atoms with E-state index in [0.29, 0.717) is 6.61 Å². The van der Waals surface area contributed by atoms with Crippen LogP contribution in [0.2, 0.25) is 0 Å². The maximum absolute atomic E-state index is 12.2. The van der Waals surface area contributed by atoms with Crippen LogP contribution in [0.15, 0.2) is 36.5 Å². The molecule has 23 heavy (non-hydrogen) atoms. The van der Waals surface area contributed by atoms with E-state index in [0.717, 1.165) is 37.2 Å². The fourth-order valence-corrected chi connectivity index (χ4v) is 2.88. The van der Waals surface area contributed by atoms with Gasteiger partial charge in [-0.05, 0) is 37.0 Å². The van der Waals surface area contributed by atoms with Gasteiger partial charge in [0.1, 0.15) is 0 Å². The molecule has 2 aromatic rings. The van der Waals surface area contributed by atoms with Crippen molar-refractivity contribution < 1.29 is 9.53 Å². The molecule has 1 aromatic heterocycles. The van der Waals surface area contributed by atoms with Gasteiger partial charge in [0, 0.05) is 19.0 Å². The van der Waals surface area contributed by atoms with E-state index in [-0.39, 0.29) is 12.1 Å². The van der Waals surface area contributed by atoms with Crippen molar-refractivity contribution in [3.8, 4) is 0 Å². The Bertz CT molecular complexity index is 654. The van der Waals surface area contributed by atoms with Gasteiger partial charge in [-0.15, -0.1) is 0 Å². The van der Waals surface area contributed by atoms with Gasteiger partial charge in [-0.2, -0.15) is 5.10 Å². The van der Waals surface area contributed by atoms with Crippen LogP contribution in [0.1, 0.15) is 30.1 Å². The number of nitrogens with one attached hydrogen (secondary N) is 2. The maximum Gasteiger partial charge on any atom is 0.319 e. The summed E-state index contributed by atoms with van der Waals surface area (Å²) in [4.78, 5) is 12.2. The predicted molar refractivity (Wildman–Crippen MR) is 88.4 cm³/mol. The lowest BCUT2D eigenvalue weighted by atomic mass is 9.94. The zero-order valence-corrected chi connectivity index (χ0v) is 13.3. The van der Waals surface area contributed by atoms with Gasteiger partial charge >= 0.3 is 6.03 Å². The molecule has 0 fully saturated rings. The predicted octanol–water partition coefficient (Wildman–Crippen LogP) is 2.73. The Balaban J connectivity index is 1.65. The number of rotatable bonds is 5. The fourth-order valence-electron chi connectivity index (χ4n) is 2.88. The number of benzene rings is 1. The third-order valence-corrected chi connectivity index (χ3v) is 4.00. The van der Waals surface area contributed by atoms with Crippen LogP contribution in [-0.2, 0) is 17.7 Å². The minimum atomic E-state index is -0.194. The highest BCUT2D eigenvalue weighted by molar-refractivity contribution is 5.89. The van der Waals surface area contributed by atoms with Crippen LogP contribution in [0, 0.1) is 0 Å². The van der Waals surface area contributed by atoms with E-state index in [1.807, 2.05) is 35.0 Å². The first-order chi connectivity index (χ1) is 11.3. The average molecular weight is 314 g/mol. The Labute approximate surface area is 135 Å². The SMILES string of the molecule is COCCn1cc2c(n1)[C@H](NC(=O)Nc1ccccc1)CCC2. The highest BCUT2D eigenvalue weighted by atomic mass is 16.5. The maximum atomic E-state index is 12.2. The lowest BCUT2D eigenvalue weighted by Crippen LogP contribution is -2.34. The second kappa shape index (κ2) is 7.28. The molecule has 122 valence electrons. The molecular weight excluding hydrogens is 292 g/mol. The number of ether oxygens (including phenoxy) is 1. The number of methoxy groups -OCH3 is 1. The normalized spacial score (nSPS) is 16.7. The molecule has 0 spiro atoms. The van der Waals surface area contributed by atoms with Crippen LogP contribution < -0.4 is 10.6 Å². The van der Waals surface area contributed by atoms with Crippen molar-refractivity contribution in [1.29, 1.82) is 0 Å². The molecule has 1 heterocycles. The summed E-state index contributed by atoms with van der Waals surface area (Å²) < 4.78 is 7.00. The number of carbonyl (C=O) groups is 1. The molecule has 0 radical (unpaired) electrons. The first-order valence-corrected chi connectivity index (χ1v) is 7.94. The van der Waals surface area contributed by atoms with Gasteiger partial charge in [-0.1, -0.05) is 18.2 Å². The van der Waals surface area contributed by atoms with Crippen LogP contribution >= 0.6 is 0 Å². The molecule has 1 aromatic carbocycles. The van der Waals surface area contributed by atoms with Crippen molar-refractivity contribution in [1.82, 2.24) is 15.1 Å². The van der Waals surface area contributed by atoms with E-state index in [9.17, 15) is 4.79 Å². The lowest BCUT2D eigenvalue weighted by Gasteiger charge is -2.22. The van der Waals surface area contributed by atoms with Gasteiger partial charge < -0.3 is 15.4 Å². The van der Waals surface area contributed by atoms with E-state index in [1.54, 1.807) is 7.11 Å². The topological polar surface area (TPSA) is 68.2 Å². The minimum absolute atomic E-state index is 0.0359. The first kappa shape index (κ1) is 15.6. The molecule has 0 saturated heterocycles. The molecule has 0 saturated carbocycles. The first-order valence-electron chi connectivity index (χ1n) is 7.94. The number of aryl methyl sites for hydroxylation is 1. The zero-order valence-electron chi connectivity index (χ0n) is 13.3. The summed E-state index contributed by atoms with van der Waals surface area (Å²) in [5, 5.41) is 10.5. The van der Waals surface area contributed by atoms with Crippen molar-refractivity contribution in [2.24, 2.45) is 0 Å². The molecule has 0 unspecified atom stereocenters. The van der Waals surface area contributed by atoms with Crippen LogP contribution in [0.3, 0.4) is 0 Å². The molecular formula is C17H22N4O2. The average Bonchev–Trinajstić information content (AvgIpc) is 2.98. The molecule has 0 bridgehead atoms. The number of aromatic nitrogens is 2. The van der Waals surface area contributed by atoms with E-state index in [4.69, 9.17) is 4.74 Å². The number of amides is 2. The molecule has 0 aliphatic heterocycles. The number of carbonyl (C=O) groups excluding carboxylic acids is 1. The summed E-state index contributed by atoms with van der Waals surface area (Å²) in [6.07, 6.45) is 5.05. The molecule has 3 rings (SSSR count). The van der Waals surface area contributed by atoms with Crippen molar-refractivity contribution in [2.75, 3.05) is 19.0 Å². The zero-order chi connectivity index (χ0) is 16.1. The summed E-state index contributed by atoms with van der Waals surface area (Å²) in [6, 6.07) is 9.21. The molecule has 1 aliphatic rings. The summed E-state index contributed by atoms with van der Waals surface area (Å²) in [5.41, 5.74) is 2.99. The second-order valence-electron chi connectivity index (χ2n) is 5.70. The monoisotopic (exact) mass is 314 g/mol. The number of hydrogen-bond donors (Lipinski definition) is 2. The summed E-state index contributed by atoms with van der Waals surface area (Å²) in [7, 11) is 1.68. The second-order valence-corrected chi connectivity index (χ2v) is 5.70. The number of hydrogen-bond acceptors (Lipinski definition) is 3. The van der Waals surface area contributed by atoms with Gasteiger partial charge in [0.15, 0.2) is 0 Å². The Kier molecular flexibility index (Phi) is 4.92. The summed E-state index contributed by atoms with van der Waals surface area (Å²) in [6.45, 7) is 1.36. The van der Waals surface area contributed by atoms with Crippen molar-refractivity contribution in [2.45, 2.75) is 31.8 Å². The van der Waals surface area contributed by atoms with E-state index in [2.05, 4.69) is 21.9 Å². The number of urea groups is 1. The van der Waals surface area contributed by atoms with Gasteiger partial charge in [0.05, 0.1) is 24.9 Å². The summed E-state index contributed by atoms with van der Waals surface area (Å²) in [5.74, 6) is 0. The number of para-hydroxylation sites is 1. The van der Waals surface area contributed by atoms with Gasteiger partial charge in [-0.25, -0.2) is 4.79 Å². The van der Waals surface area contributed by atoms with E-state index < -0.39 is 0 Å². The summed E-state index contributed by atoms with van der Waals surface area (Å²) >= 11 is 0. The smallest absolute Gasteiger partial charge is 0.319 e. The minimum Gasteiger partial charge on any atom is -0.383 e. The molecule has 2 N–H and O–H groups in total. The molecule has 1 atom stereocenters. The van der Waals surface area contributed by atoms with Crippen LogP contribution in [0.5, 0.6) is 0 Å². The molecule has 6 nitrogen and oxygen atoms in total. The Morgan fingerprint density at radius 3 is 3.00 bits per heavy atom. The fraction of sp³-hybridized carbons (Fsp3) is 0.412. The Hall–Kier alpha value is -2.34. The van der Waals surface area contributed by atoms with Crippen LogP contribution in [0.25, 0.3) is 0 Å².